The van der Waals surface area contributed by atoms with Crippen molar-refractivity contribution in [2.24, 2.45) is 5.92 Å². The first-order valence-electron chi connectivity index (χ1n) is 7.84. The Morgan fingerprint density at radius 1 is 1.43 bits per heavy atom. The second-order valence-electron chi connectivity index (χ2n) is 5.94. The van der Waals surface area contributed by atoms with Gasteiger partial charge in [-0.1, -0.05) is 26.7 Å². The molecule has 5 heteroatoms. The fourth-order valence-corrected chi connectivity index (χ4v) is 4.45. The maximum Gasteiger partial charge on any atom is 0.234 e. The standard InChI is InChI=1S/C16H25BrN2OS/c1-3-19(10-13-8-9-15(17)21-13)11-16(20)18-14-7-5-4-6-12(14)2/h8-9,12,14H,3-7,10-11H2,1-2H3,(H,18,20)/t12-,14+/m1/s1. The molecule has 1 saturated carbocycles. The number of rotatable bonds is 6. The van der Waals surface area contributed by atoms with Crippen molar-refractivity contribution in [3.8, 4) is 0 Å². The molecule has 21 heavy (non-hydrogen) atoms. The topological polar surface area (TPSA) is 32.3 Å². The minimum absolute atomic E-state index is 0.172. The smallest absolute Gasteiger partial charge is 0.234 e. The molecule has 1 aliphatic carbocycles. The molecule has 0 aliphatic heterocycles. The second kappa shape index (κ2) is 8.30. The maximum absolute atomic E-state index is 12.3. The third-order valence-electron chi connectivity index (χ3n) is 4.28. The van der Waals surface area contributed by atoms with E-state index in [4.69, 9.17) is 0 Å². The van der Waals surface area contributed by atoms with Gasteiger partial charge in [-0.15, -0.1) is 11.3 Å². The number of carbonyl (C=O) groups is 1. The van der Waals surface area contributed by atoms with Crippen molar-refractivity contribution in [3.05, 3.63) is 20.8 Å². The minimum atomic E-state index is 0.172. The Kier molecular flexibility index (Phi) is 6.71. The number of carbonyl (C=O) groups excluding carboxylic acids is 1. The zero-order valence-corrected chi connectivity index (χ0v) is 15.3. The highest BCUT2D eigenvalue weighted by molar-refractivity contribution is 9.11. The Morgan fingerprint density at radius 3 is 2.81 bits per heavy atom. The summed E-state index contributed by atoms with van der Waals surface area (Å²) in [6.07, 6.45) is 4.93. The molecule has 3 nitrogen and oxygen atoms in total. The van der Waals surface area contributed by atoms with Crippen molar-refractivity contribution in [1.29, 1.82) is 0 Å². The van der Waals surface area contributed by atoms with Crippen LogP contribution in [0.4, 0.5) is 0 Å². The van der Waals surface area contributed by atoms with Crippen molar-refractivity contribution in [1.82, 2.24) is 10.2 Å². The van der Waals surface area contributed by atoms with Gasteiger partial charge in [-0.2, -0.15) is 0 Å². The van der Waals surface area contributed by atoms with E-state index >= 15 is 0 Å². The van der Waals surface area contributed by atoms with Crippen LogP contribution in [0.5, 0.6) is 0 Å². The molecule has 1 heterocycles. The molecule has 0 saturated heterocycles. The number of amides is 1. The van der Waals surface area contributed by atoms with Crippen molar-refractivity contribution >= 4 is 33.2 Å². The fourth-order valence-electron chi connectivity index (χ4n) is 2.92. The van der Waals surface area contributed by atoms with E-state index in [0.717, 1.165) is 23.3 Å². The quantitative estimate of drug-likeness (QED) is 0.817. The summed E-state index contributed by atoms with van der Waals surface area (Å²) in [6.45, 7) is 6.60. The van der Waals surface area contributed by atoms with Crippen LogP contribution < -0.4 is 5.32 Å². The third kappa shape index (κ3) is 5.38. The van der Waals surface area contributed by atoms with E-state index in [2.05, 4.69) is 52.1 Å². The van der Waals surface area contributed by atoms with Crippen LogP contribution in [-0.2, 0) is 11.3 Å². The summed E-state index contributed by atoms with van der Waals surface area (Å²) < 4.78 is 1.15. The zero-order valence-electron chi connectivity index (χ0n) is 12.9. The van der Waals surface area contributed by atoms with E-state index in [1.165, 1.54) is 24.1 Å². The summed E-state index contributed by atoms with van der Waals surface area (Å²) in [5, 5.41) is 3.24. The van der Waals surface area contributed by atoms with Crippen molar-refractivity contribution in [2.45, 2.75) is 52.1 Å². The van der Waals surface area contributed by atoms with Gasteiger partial charge in [0.1, 0.15) is 0 Å². The molecule has 1 fully saturated rings. The van der Waals surface area contributed by atoms with E-state index < -0.39 is 0 Å². The summed E-state index contributed by atoms with van der Waals surface area (Å²) in [4.78, 5) is 15.8. The second-order valence-corrected chi connectivity index (χ2v) is 8.49. The lowest BCUT2D eigenvalue weighted by atomic mass is 9.86. The number of halogens is 1. The van der Waals surface area contributed by atoms with E-state index in [-0.39, 0.29) is 5.91 Å². The summed E-state index contributed by atoms with van der Waals surface area (Å²) in [5.74, 6) is 0.789. The number of nitrogens with zero attached hydrogens (tertiary/aromatic N) is 1. The van der Waals surface area contributed by atoms with Crippen LogP contribution in [0.2, 0.25) is 0 Å². The molecule has 2 rings (SSSR count). The van der Waals surface area contributed by atoms with Gasteiger partial charge in [-0.3, -0.25) is 9.69 Å². The lowest BCUT2D eigenvalue weighted by Crippen LogP contribution is -2.45. The van der Waals surface area contributed by atoms with Gasteiger partial charge in [0.25, 0.3) is 0 Å². The third-order valence-corrected chi connectivity index (χ3v) is 5.89. The van der Waals surface area contributed by atoms with Gasteiger partial charge in [0.15, 0.2) is 0 Å². The lowest BCUT2D eigenvalue weighted by Gasteiger charge is -2.30. The maximum atomic E-state index is 12.3. The number of likely N-dealkylation sites (N-methyl/N-ethyl adjacent to an activating group) is 1. The highest BCUT2D eigenvalue weighted by Crippen LogP contribution is 2.24. The minimum Gasteiger partial charge on any atom is -0.352 e. The Bertz CT molecular complexity index is 463. The van der Waals surface area contributed by atoms with Crippen molar-refractivity contribution in [3.63, 3.8) is 0 Å². The van der Waals surface area contributed by atoms with Gasteiger partial charge in [-0.25, -0.2) is 0 Å². The summed E-state index contributed by atoms with van der Waals surface area (Å²) in [7, 11) is 0. The highest BCUT2D eigenvalue weighted by atomic mass is 79.9. The molecular formula is C16H25BrN2OS. The SMILES string of the molecule is CCN(CC(=O)N[C@H]1CCCC[C@H]1C)Cc1ccc(Br)s1. The molecule has 118 valence electrons. The number of nitrogens with one attached hydrogen (secondary N) is 1. The van der Waals surface area contributed by atoms with Gasteiger partial charge >= 0.3 is 0 Å². The van der Waals surface area contributed by atoms with E-state index in [9.17, 15) is 4.79 Å². The normalized spacial score (nSPS) is 22.5. The number of thiophene rings is 1. The van der Waals surface area contributed by atoms with Crippen LogP contribution in [0.3, 0.4) is 0 Å². The van der Waals surface area contributed by atoms with Crippen LogP contribution in [0.15, 0.2) is 15.9 Å². The van der Waals surface area contributed by atoms with Crippen molar-refractivity contribution in [2.75, 3.05) is 13.1 Å². The first-order chi connectivity index (χ1) is 10.1. The average Bonchev–Trinajstić information content (AvgIpc) is 2.86. The molecule has 0 spiro atoms. The van der Waals surface area contributed by atoms with E-state index in [1.807, 2.05) is 0 Å². The molecule has 0 bridgehead atoms. The highest BCUT2D eigenvalue weighted by Gasteiger charge is 2.23. The summed E-state index contributed by atoms with van der Waals surface area (Å²) in [5.41, 5.74) is 0. The monoisotopic (exact) mass is 372 g/mol. The average molecular weight is 373 g/mol. The fraction of sp³-hybridized carbons (Fsp3) is 0.688. The predicted molar refractivity (Wildman–Crippen MR) is 92.5 cm³/mol. The first kappa shape index (κ1) is 17.0. The molecule has 0 aromatic carbocycles. The Hall–Kier alpha value is -0.390. The van der Waals surface area contributed by atoms with E-state index in [0.29, 0.717) is 18.5 Å². The van der Waals surface area contributed by atoms with Gasteiger partial charge in [0, 0.05) is 17.5 Å². The van der Waals surface area contributed by atoms with Gasteiger partial charge in [-0.05, 0) is 53.4 Å². The van der Waals surface area contributed by atoms with Crippen LogP contribution in [0, 0.1) is 5.92 Å². The molecule has 1 N–H and O–H groups in total. The molecule has 0 unspecified atom stereocenters. The predicted octanol–water partition coefficient (Wildman–Crippen LogP) is 4.03. The summed E-state index contributed by atoms with van der Waals surface area (Å²) in [6, 6.07) is 4.57. The molecule has 1 aliphatic rings. The van der Waals surface area contributed by atoms with Gasteiger partial charge in [0.2, 0.25) is 5.91 Å². The van der Waals surface area contributed by atoms with E-state index in [1.54, 1.807) is 11.3 Å². The number of hydrogen-bond donors (Lipinski definition) is 1. The molecule has 1 amide bonds. The molecule has 1 aromatic heterocycles. The Morgan fingerprint density at radius 2 is 2.19 bits per heavy atom. The summed E-state index contributed by atoms with van der Waals surface area (Å²) >= 11 is 5.23. The van der Waals surface area contributed by atoms with Gasteiger partial charge in [0.05, 0.1) is 10.3 Å². The lowest BCUT2D eigenvalue weighted by molar-refractivity contribution is -0.123. The Balaban J connectivity index is 1.81. The molecular weight excluding hydrogens is 348 g/mol. The molecule has 0 radical (unpaired) electrons. The number of hydrogen-bond acceptors (Lipinski definition) is 3. The largest absolute Gasteiger partial charge is 0.352 e. The van der Waals surface area contributed by atoms with Crippen LogP contribution >= 0.6 is 27.3 Å². The zero-order chi connectivity index (χ0) is 15.2. The van der Waals surface area contributed by atoms with Crippen LogP contribution in [-0.4, -0.2) is 29.9 Å². The first-order valence-corrected chi connectivity index (χ1v) is 9.45. The van der Waals surface area contributed by atoms with Gasteiger partial charge < -0.3 is 5.32 Å². The Labute approximate surface area is 140 Å². The molecule has 1 aromatic rings. The van der Waals surface area contributed by atoms with Crippen molar-refractivity contribution < 1.29 is 4.79 Å². The molecule has 2 atom stereocenters. The van der Waals surface area contributed by atoms with Crippen LogP contribution in [0.25, 0.3) is 0 Å². The van der Waals surface area contributed by atoms with Crippen LogP contribution in [0.1, 0.15) is 44.4 Å².